The Morgan fingerprint density at radius 1 is 1.25 bits per heavy atom. The number of para-hydroxylation sites is 1. The fourth-order valence-corrected chi connectivity index (χ4v) is 3.11. The van der Waals surface area contributed by atoms with Crippen molar-refractivity contribution >= 4 is 31.8 Å². The van der Waals surface area contributed by atoms with E-state index in [0.717, 1.165) is 30.4 Å². The lowest BCUT2D eigenvalue weighted by molar-refractivity contribution is 0.458. The first-order valence-electron chi connectivity index (χ1n) is 6.66. The van der Waals surface area contributed by atoms with E-state index in [1.807, 2.05) is 6.07 Å². The van der Waals surface area contributed by atoms with Crippen LogP contribution in [-0.2, 0) is 10.2 Å². The fraction of sp³-hybridized carbons (Fsp3) is 0.538. The summed E-state index contributed by atoms with van der Waals surface area (Å²) >= 11 is 3.32. The van der Waals surface area contributed by atoms with E-state index in [2.05, 4.69) is 32.9 Å². The summed E-state index contributed by atoms with van der Waals surface area (Å²) in [5, 5.41) is 3.25. The molecule has 20 heavy (non-hydrogen) atoms. The molecule has 1 aromatic carbocycles. The third-order valence-corrected chi connectivity index (χ3v) is 4.95. The van der Waals surface area contributed by atoms with Crippen LogP contribution in [0.4, 0.5) is 5.69 Å². The molecule has 0 saturated carbocycles. The zero-order valence-electron chi connectivity index (χ0n) is 11.9. The summed E-state index contributed by atoms with van der Waals surface area (Å²) in [6.07, 6.45) is 1.87. The van der Waals surface area contributed by atoms with E-state index in [9.17, 15) is 8.42 Å². The highest BCUT2D eigenvalue weighted by atomic mass is 79.9. The molecule has 114 valence electrons. The number of hydrogen-bond donors (Lipinski definition) is 2. The van der Waals surface area contributed by atoms with Crippen molar-refractivity contribution < 1.29 is 8.42 Å². The van der Waals surface area contributed by atoms with Gasteiger partial charge in [0.15, 0.2) is 0 Å². The molecule has 0 heterocycles. The van der Waals surface area contributed by atoms with Crippen molar-refractivity contribution in [3.8, 4) is 0 Å². The van der Waals surface area contributed by atoms with Crippen LogP contribution in [0.1, 0.15) is 19.8 Å². The highest BCUT2D eigenvalue weighted by Crippen LogP contribution is 2.22. The molecule has 0 saturated heterocycles. The number of anilines is 1. The Morgan fingerprint density at radius 3 is 2.60 bits per heavy atom. The van der Waals surface area contributed by atoms with Crippen molar-refractivity contribution in [1.82, 2.24) is 9.62 Å². The average Bonchev–Trinajstić information content (AvgIpc) is 2.40. The molecule has 2 N–H and O–H groups in total. The van der Waals surface area contributed by atoms with Gasteiger partial charge < -0.3 is 5.32 Å². The van der Waals surface area contributed by atoms with Gasteiger partial charge in [-0.1, -0.05) is 19.1 Å². The van der Waals surface area contributed by atoms with E-state index >= 15 is 0 Å². The molecule has 0 aliphatic rings. The average molecular weight is 364 g/mol. The third-order valence-electron chi connectivity index (χ3n) is 2.78. The van der Waals surface area contributed by atoms with Gasteiger partial charge in [-0.25, -0.2) is 0 Å². The lowest BCUT2D eigenvalue weighted by Crippen LogP contribution is -2.34. The second-order valence-electron chi connectivity index (χ2n) is 4.51. The molecular formula is C13H22BrN3O2S. The molecule has 0 aromatic heterocycles. The molecule has 0 aliphatic heterocycles. The Kier molecular flexibility index (Phi) is 7.50. The number of rotatable bonds is 9. The summed E-state index contributed by atoms with van der Waals surface area (Å²) < 4.78 is 28.9. The second-order valence-corrected chi connectivity index (χ2v) is 7.14. The Balaban J connectivity index is 2.49. The van der Waals surface area contributed by atoms with Gasteiger partial charge in [0.25, 0.3) is 0 Å². The lowest BCUT2D eigenvalue weighted by atomic mass is 10.3. The summed E-state index contributed by atoms with van der Waals surface area (Å²) in [5.41, 5.74) is 0.545. The van der Waals surface area contributed by atoms with Crippen LogP contribution in [0.15, 0.2) is 28.7 Å². The molecule has 0 amide bonds. The molecular weight excluding hydrogens is 342 g/mol. The van der Waals surface area contributed by atoms with Gasteiger partial charge in [-0.2, -0.15) is 12.7 Å². The van der Waals surface area contributed by atoms with Crippen LogP contribution in [0, 0.1) is 0 Å². The molecule has 1 aromatic rings. The highest BCUT2D eigenvalue weighted by Gasteiger charge is 2.17. The first-order valence-corrected chi connectivity index (χ1v) is 8.90. The Bertz CT molecular complexity index is 508. The van der Waals surface area contributed by atoms with Crippen molar-refractivity contribution in [2.24, 2.45) is 0 Å². The molecule has 0 bridgehead atoms. The van der Waals surface area contributed by atoms with Crippen LogP contribution in [0.25, 0.3) is 0 Å². The number of nitrogens with zero attached hydrogens (tertiary/aromatic N) is 1. The van der Waals surface area contributed by atoms with Crippen molar-refractivity contribution in [3.05, 3.63) is 28.7 Å². The van der Waals surface area contributed by atoms with Crippen molar-refractivity contribution in [2.45, 2.75) is 19.8 Å². The van der Waals surface area contributed by atoms with E-state index in [1.165, 1.54) is 4.31 Å². The van der Waals surface area contributed by atoms with E-state index in [0.29, 0.717) is 12.2 Å². The standard InChI is InChI=1S/C13H22BrN3O2S/c1-3-9-15-10-6-11-17(2)20(18,19)16-13-8-5-4-7-12(13)14/h4-5,7-8,15-16H,3,6,9-11H2,1-2H3. The molecule has 0 unspecified atom stereocenters. The summed E-state index contributed by atoms with van der Waals surface area (Å²) in [6, 6.07) is 7.15. The molecule has 0 fully saturated rings. The molecule has 0 aliphatic carbocycles. The van der Waals surface area contributed by atoms with E-state index in [-0.39, 0.29) is 0 Å². The zero-order chi connectivity index (χ0) is 15.0. The van der Waals surface area contributed by atoms with Crippen molar-refractivity contribution in [1.29, 1.82) is 0 Å². The van der Waals surface area contributed by atoms with Crippen LogP contribution in [0.3, 0.4) is 0 Å². The molecule has 7 heteroatoms. The minimum atomic E-state index is -3.50. The van der Waals surface area contributed by atoms with Gasteiger partial charge in [-0.15, -0.1) is 0 Å². The third kappa shape index (κ3) is 5.78. The summed E-state index contributed by atoms with van der Waals surface area (Å²) in [4.78, 5) is 0. The van der Waals surface area contributed by atoms with Gasteiger partial charge in [-0.05, 0) is 54.0 Å². The zero-order valence-corrected chi connectivity index (χ0v) is 14.3. The SMILES string of the molecule is CCCNCCCN(C)S(=O)(=O)Nc1ccccc1Br. The minimum absolute atomic E-state index is 0.483. The number of halogens is 1. The van der Waals surface area contributed by atoms with E-state index < -0.39 is 10.2 Å². The highest BCUT2D eigenvalue weighted by molar-refractivity contribution is 9.10. The molecule has 5 nitrogen and oxygen atoms in total. The molecule has 0 radical (unpaired) electrons. The van der Waals surface area contributed by atoms with Crippen LogP contribution in [0.5, 0.6) is 0 Å². The maximum Gasteiger partial charge on any atom is 0.301 e. The van der Waals surface area contributed by atoms with Crippen LogP contribution < -0.4 is 10.0 Å². The predicted molar refractivity (Wildman–Crippen MR) is 87.1 cm³/mol. The molecule has 0 atom stereocenters. The normalized spacial score (nSPS) is 11.8. The van der Waals surface area contributed by atoms with Gasteiger partial charge in [0.2, 0.25) is 0 Å². The van der Waals surface area contributed by atoms with Crippen LogP contribution in [0.2, 0.25) is 0 Å². The fourth-order valence-electron chi connectivity index (χ4n) is 1.61. The smallest absolute Gasteiger partial charge is 0.301 e. The van der Waals surface area contributed by atoms with Gasteiger partial charge >= 0.3 is 10.2 Å². The molecule has 0 spiro atoms. The Morgan fingerprint density at radius 2 is 1.95 bits per heavy atom. The topological polar surface area (TPSA) is 61.4 Å². The Labute approximate surface area is 130 Å². The Hall–Kier alpha value is -0.630. The lowest BCUT2D eigenvalue weighted by Gasteiger charge is -2.19. The van der Waals surface area contributed by atoms with Gasteiger partial charge in [0, 0.05) is 18.1 Å². The predicted octanol–water partition coefficient (Wildman–Crippen LogP) is 2.43. The van der Waals surface area contributed by atoms with Crippen molar-refractivity contribution in [2.75, 3.05) is 31.4 Å². The minimum Gasteiger partial charge on any atom is -0.317 e. The second kappa shape index (κ2) is 8.61. The van der Waals surface area contributed by atoms with E-state index in [4.69, 9.17) is 0 Å². The van der Waals surface area contributed by atoms with Gasteiger partial charge in [0.05, 0.1) is 5.69 Å². The number of nitrogens with one attached hydrogen (secondary N) is 2. The quantitative estimate of drug-likeness (QED) is 0.662. The maximum absolute atomic E-state index is 12.1. The van der Waals surface area contributed by atoms with Crippen LogP contribution in [-0.4, -0.2) is 39.4 Å². The number of hydrogen-bond acceptors (Lipinski definition) is 3. The number of benzene rings is 1. The molecule has 1 rings (SSSR count). The van der Waals surface area contributed by atoms with Gasteiger partial charge in [-0.3, -0.25) is 4.72 Å². The largest absolute Gasteiger partial charge is 0.317 e. The summed E-state index contributed by atoms with van der Waals surface area (Å²) in [7, 11) is -1.92. The first-order chi connectivity index (χ1) is 9.47. The first kappa shape index (κ1) is 17.4. The summed E-state index contributed by atoms with van der Waals surface area (Å²) in [5.74, 6) is 0. The monoisotopic (exact) mass is 363 g/mol. The van der Waals surface area contributed by atoms with Crippen LogP contribution >= 0.6 is 15.9 Å². The maximum atomic E-state index is 12.1. The van der Waals surface area contributed by atoms with E-state index in [1.54, 1.807) is 25.2 Å². The van der Waals surface area contributed by atoms with Crippen molar-refractivity contribution in [3.63, 3.8) is 0 Å². The summed E-state index contributed by atoms with van der Waals surface area (Å²) in [6.45, 7) is 4.37. The van der Waals surface area contributed by atoms with Gasteiger partial charge in [0.1, 0.15) is 0 Å².